The Labute approximate surface area is 290 Å². The third-order valence-corrected chi connectivity index (χ3v) is 10.0. The molecule has 4 nitrogen and oxygen atoms in total. The largest absolute Gasteiger partial charge is 0.457 e. The van der Waals surface area contributed by atoms with Crippen LogP contribution in [0.15, 0.2) is 176 Å². The van der Waals surface area contributed by atoms with E-state index >= 15 is 0 Å². The Bertz CT molecular complexity index is 2460. The first-order valence-electron chi connectivity index (χ1n) is 16.9. The van der Waals surface area contributed by atoms with Crippen LogP contribution in [0.3, 0.4) is 0 Å². The highest BCUT2D eigenvalue weighted by Gasteiger charge is 2.52. The maximum atomic E-state index is 6.50. The van der Waals surface area contributed by atoms with E-state index in [9.17, 15) is 0 Å². The number of hydrogen-bond donors (Lipinski definition) is 0. The van der Waals surface area contributed by atoms with Crippen LogP contribution in [-0.4, -0.2) is 15.0 Å². The van der Waals surface area contributed by atoms with E-state index in [1.807, 2.05) is 60.8 Å². The zero-order valence-corrected chi connectivity index (χ0v) is 27.0. The molecule has 0 unspecified atom stereocenters. The number of ether oxygens (including phenoxy) is 1. The summed E-state index contributed by atoms with van der Waals surface area (Å²) in [6.45, 7) is 0. The van der Waals surface area contributed by atoms with E-state index in [-0.39, 0.29) is 0 Å². The zero-order chi connectivity index (χ0) is 33.1. The van der Waals surface area contributed by atoms with Gasteiger partial charge in [-0.3, -0.25) is 4.98 Å². The summed E-state index contributed by atoms with van der Waals surface area (Å²) >= 11 is 0. The predicted molar refractivity (Wildman–Crippen MR) is 199 cm³/mol. The van der Waals surface area contributed by atoms with Crippen molar-refractivity contribution in [1.82, 2.24) is 15.0 Å². The summed E-state index contributed by atoms with van der Waals surface area (Å²) in [7, 11) is 0. The van der Waals surface area contributed by atoms with Crippen molar-refractivity contribution in [1.29, 1.82) is 0 Å². The van der Waals surface area contributed by atoms with Gasteiger partial charge >= 0.3 is 0 Å². The molecule has 0 atom stereocenters. The number of benzene rings is 6. The van der Waals surface area contributed by atoms with Crippen LogP contribution in [0.4, 0.5) is 0 Å². The van der Waals surface area contributed by atoms with Gasteiger partial charge in [-0.15, -0.1) is 0 Å². The molecule has 234 valence electrons. The van der Waals surface area contributed by atoms with Gasteiger partial charge in [0.25, 0.3) is 0 Å². The average Bonchev–Trinajstić information content (AvgIpc) is 3.48. The fourth-order valence-corrected chi connectivity index (χ4v) is 7.76. The number of para-hydroxylation sites is 2. The minimum Gasteiger partial charge on any atom is -0.457 e. The summed E-state index contributed by atoms with van der Waals surface area (Å²) < 4.78 is 6.50. The summed E-state index contributed by atoms with van der Waals surface area (Å²) in [5.41, 5.74) is 13.3. The molecule has 0 saturated heterocycles. The second-order valence-corrected chi connectivity index (χ2v) is 12.8. The van der Waals surface area contributed by atoms with E-state index in [1.54, 1.807) is 0 Å². The SMILES string of the molecule is c1ccc(-c2cc(-c3ccccc3)nc(-c3ccc(-c4ccc5c(c4)C4(c6ccccc6Oc6ccccc64)c4ncccc4-5)cc3)n2)cc1. The molecule has 0 N–H and O–H groups in total. The van der Waals surface area contributed by atoms with Crippen molar-refractivity contribution < 1.29 is 4.74 Å². The number of rotatable bonds is 4. The first kappa shape index (κ1) is 28.4. The van der Waals surface area contributed by atoms with Crippen LogP contribution in [0.1, 0.15) is 22.4 Å². The third-order valence-electron chi connectivity index (χ3n) is 10.0. The van der Waals surface area contributed by atoms with Crippen molar-refractivity contribution >= 4 is 0 Å². The van der Waals surface area contributed by atoms with Crippen LogP contribution in [0.25, 0.3) is 56.2 Å². The standard InChI is InChI=1S/C46H29N3O/c1-3-12-31(13-4-1)40-29-41(32-14-5-2-6-15-32)49-45(48-40)33-23-21-30(22-24-33)34-25-26-35-36-16-11-27-47-44(36)46(39(35)28-34)37-17-7-9-19-42(37)50-43-20-10-8-18-38(43)46/h1-29H. The molecule has 2 aromatic heterocycles. The quantitative estimate of drug-likeness (QED) is 0.192. The average molecular weight is 640 g/mol. The molecule has 0 bridgehead atoms. The fourth-order valence-electron chi connectivity index (χ4n) is 7.76. The van der Waals surface area contributed by atoms with Gasteiger partial charge in [-0.05, 0) is 52.6 Å². The molecule has 1 aliphatic carbocycles. The molecule has 6 aromatic carbocycles. The van der Waals surface area contributed by atoms with Gasteiger partial charge in [0.05, 0.1) is 22.5 Å². The van der Waals surface area contributed by atoms with E-state index in [0.29, 0.717) is 5.82 Å². The lowest BCUT2D eigenvalue weighted by Gasteiger charge is -2.38. The molecular formula is C46H29N3O. The predicted octanol–water partition coefficient (Wildman–Crippen LogP) is 11.0. The van der Waals surface area contributed by atoms with Gasteiger partial charge in [-0.25, -0.2) is 9.97 Å². The number of hydrogen-bond acceptors (Lipinski definition) is 4. The van der Waals surface area contributed by atoms with Gasteiger partial charge in [-0.2, -0.15) is 0 Å². The van der Waals surface area contributed by atoms with Crippen molar-refractivity contribution in [3.63, 3.8) is 0 Å². The summed E-state index contributed by atoms with van der Waals surface area (Å²) in [6, 6.07) is 59.1. The second-order valence-electron chi connectivity index (χ2n) is 12.8. The van der Waals surface area contributed by atoms with Crippen molar-refractivity contribution in [2.24, 2.45) is 0 Å². The lowest BCUT2D eigenvalue weighted by Crippen LogP contribution is -2.33. The van der Waals surface area contributed by atoms with Crippen LogP contribution in [0, 0.1) is 0 Å². The number of pyridine rings is 1. The highest BCUT2D eigenvalue weighted by atomic mass is 16.5. The Kier molecular flexibility index (Phi) is 6.36. The summed E-state index contributed by atoms with van der Waals surface area (Å²) in [5.74, 6) is 2.41. The molecule has 0 amide bonds. The van der Waals surface area contributed by atoms with Gasteiger partial charge < -0.3 is 4.74 Å². The minimum atomic E-state index is -0.604. The van der Waals surface area contributed by atoms with Gasteiger partial charge in [0.15, 0.2) is 5.82 Å². The minimum absolute atomic E-state index is 0.604. The van der Waals surface area contributed by atoms with Crippen LogP contribution >= 0.6 is 0 Å². The molecule has 1 aliphatic heterocycles. The molecule has 10 rings (SSSR count). The van der Waals surface area contributed by atoms with Crippen LogP contribution < -0.4 is 4.74 Å². The molecule has 4 heteroatoms. The smallest absolute Gasteiger partial charge is 0.160 e. The lowest BCUT2D eigenvalue weighted by atomic mass is 9.67. The molecule has 50 heavy (non-hydrogen) atoms. The van der Waals surface area contributed by atoms with E-state index in [2.05, 4.69) is 115 Å². The first-order chi connectivity index (χ1) is 24.8. The Morgan fingerprint density at radius 2 is 0.960 bits per heavy atom. The van der Waals surface area contributed by atoms with E-state index in [1.165, 1.54) is 11.1 Å². The molecule has 3 heterocycles. The highest BCUT2D eigenvalue weighted by Crippen LogP contribution is 2.61. The fraction of sp³-hybridized carbons (Fsp3) is 0.0217. The Balaban J connectivity index is 1.11. The Hall–Kier alpha value is -6.65. The highest BCUT2D eigenvalue weighted by molar-refractivity contribution is 5.89. The van der Waals surface area contributed by atoms with E-state index < -0.39 is 5.41 Å². The van der Waals surface area contributed by atoms with Crippen LogP contribution in [-0.2, 0) is 5.41 Å². The van der Waals surface area contributed by atoms with E-state index in [4.69, 9.17) is 19.7 Å². The second kappa shape index (κ2) is 11.2. The van der Waals surface area contributed by atoms with E-state index in [0.717, 1.165) is 73.1 Å². The number of nitrogens with zero attached hydrogens (tertiary/aromatic N) is 3. The van der Waals surface area contributed by atoms with Crippen LogP contribution in [0.5, 0.6) is 11.5 Å². The monoisotopic (exact) mass is 639 g/mol. The molecule has 0 saturated carbocycles. The third kappa shape index (κ3) is 4.28. The molecule has 1 spiro atoms. The van der Waals surface area contributed by atoms with Crippen molar-refractivity contribution in [2.75, 3.05) is 0 Å². The van der Waals surface area contributed by atoms with Crippen LogP contribution in [0.2, 0.25) is 0 Å². The summed E-state index contributed by atoms with van der Waals surface area (Å²) in [4.78, 5) is 15.2. The summed E-state index contributed by atoms with van der Waals surface area (Å²) in [5, 5.41) is 0. The topological polar surface area (TPSA) is 47.9 Å². The number of fused-ring (bicyclic) bond motifs is 9. The van der Waals surface area contributed by atoms with Gasteiger partial charge in [0.1, 0.15) is 11.5 Å². The van der Waals surface area contributed by atoms with Gasteiger partial charge in [0.2, 0.25) is 0 Å². The zero-order valence-electron chi connectivity index (χ0n) is 27.0. The number of aromatic nitrogens is 3. The Morgan fingerprint density at radius 1 is 0.400 bits per heavy atom. The molecule has 0 fully saturated rings. The normalized spacial score (nSPS) is 13.1. The molecule has 0 radical (unpaired) electrons. The lowest BCUT2D eigenvalue weighted by molar-refractivity contribution is 0.434. The Morgan fingerprint density at radius 3 is 1.60 bits per heavy atom. The molecular weight excluding hydrogens is 611 g/mol. The maximum Gasteiger partial charge on any atom is 0.160 e. The first-order valence-corrected chi connectivity index (χ1v) is 16.9. The van der Waals surface area contributed by atoms with Gasteiger partial charge in [-0.1, -0.05) is 140 Å². The molecule has 8 aromatic rings. The maximum absolute atomic E-state index is 6.50. The van der Waals surface area contributed by atoms with Crippen molar-refractivity contribution in [3.05, 3.63) is 198 Å². The molecule has 2 aliphatic rings. The summed E-state index contributed by atoms with van der Waals surface area (Å²) in [6.07, 6.45) is 1.91. The van der Waals surface area contributed by atoms with Crippen molar-refractivity contribution in [3.8, 4) is 67.7 Å². The van der Waals surface area contributed by atoms with Crippen molar-refractivity contribution in [2.45, 2.75) is 5.41 Å². The van der Waals surface area contributed by atoms with Gasteiger partial charge in [0, 0.05) is 39.6 Å².